The Hall–Kier alpha value is -3.12. The second kappa shape index (κ2) is 10.7. The van der Waals surface area contributed by atoms with Crippen molar-refractivity contribution in [2.24, 2.45) is 0 Å². The molecule has 0 aliphatic carbocycles. The highest BCUT2D eigenvalue weighted by Crippen LogP contribution is 2.28. The van der Waals surface area contributed by atoms with Crippen molar-refractivity contribution in [2.45, 2.75) is 51.5 Å². The molecule has 1 unspecified atom stereocenters. The SMILES string of the molecule is CCc1ccccc1N(CC(=O)NC(CC)c1ccc(C)cc1)S(=O)(=O)c1ccc(C)cc1. The third-order valence-corrected chi connectivity index (χ3v) is 7.53. The van der Waals surface area contributed by atoms with Gasteiger partial charge in [0.25, 0.3) is 10.0 Å². The summed E-state index contributed by atoms with van der Waals surface area (Å²) in [5.41, 5.74) is 4.51. The number of nitrogens with zero attached hydrogens (tertiary/aromatic N) is 1. The Labute approximate surface area is 197 Å². The molecule has 0 fully saturated rings. The van der Waals surface area contributed by atoms with E-state index in [9.17, 15) is 13.2 Å². The third kappa shape index (κ3) is 5.82. The van der Waals surface area contributed by atoms with E-state index in [-0.39, 0.29) is 23.4 Å². The fraction of sp³-hybridized carbons (Fsp3) is 0.296. The number of carbonyl (C=O) groups excluding carboxylic acids is 1. The number of carbonyl (C=O) groups is 1. The molecule has 0 radical (unpaired) electrons. The van der Waals surface area contributed by atoms with E-state index in [0.29, 0.717) is 18.5 Å². The number of benzene rings is 3. The minimum absolute atomic E-state index is 0.164. The summed E-state index contributed by atoms with van der Waals surface area (Å²) in [4.78, 5) is 13.3. The van der Waals surface area contributed by atoms with Gasteiger partial charge in [-0.2, -0.15) is 0 Å². The lowest BCUT2D eigenvalue weighted by molar-refractivity contribution is -0.120. The Morgan fingerprint density at radius 2 is 1.45 bits per heavy atom. The van der Waals surface area contributed by atoms with Gasteiger partial charge in [-0.15, -0.1) is 0 Å². The van der Waals surface area contributed by atoms with Gasteiger partial charge in [-0.1, -0.05) is 79.6 Å². The summed E-state index contributed by atoms with van der Waals surface area (Å²) in [6.07, 6.45) is 1.35. The van der Waals surface area contributed by atoms with Crippen LogP contribution in [0.4, 0.5) is 5.69 Å². The number of amides is 1. The Kier molecular flexibility index (Phi) is 7.92. The Morgan fingerprint density at radius 3 is 2.03 bits per heavy atom. The van der Waals surface area contributed by atoms with Crippen molar-refractivity contribution < 1.29 is 13.2 Å². The van der Waals surface area contributed by atoms with Gasteiger partial charge in [0.15, 0.2) is 0 Å². The van der Waals surface area contributed by atoms with Gasteiger partial charge in [-0.25, -0.2) is 8.42 Å². The molecule has 0 bridgehead atoms. The molecule has 3 aromatic carbocycles. The molecule has 0 saturated heterocycles. The average Bonchev–Trinajstić information content (AvgIpc) is 2.82. The highest BCUT2D eigenvalue weighted by molar-refractivity contribution is 7.92. The monoisotopic (exact) mass is 464 g/mol. The van der Waals surface area contributed by atoms with Crippen LogP contribution in [0.3, 0.4) is 0 Å². The van der Waals surface area contributed by atoms with Crippen LogP contribution in [0.5, 0.6) is 0 Å². The fourth-order valence-corrected chi connectivity index (χ4v) is 5.24. The van der Waals surface area contributed by atoms with Gasteiger partial charge < -0.3 is 5.32 Å². The normalized spacial score (nSPS) is 12.2. The number of rotatable bonds is 9. The van der Waals surface area contributed by atoms with Gasteiger partial charge in [0.05, 0.1) is 16.6 Å². The molecule has 33 heavy (non-hydrogen) atoms. The summed E-state index contributed by atoms with van der Waals surface area (Å²) in [6.45, 7) is 7.60. The largest absolute Gasteiger partial charge is 0.348 e. The first-order valence-electron chi connectivity index (χ1n) is 11.3. The molecule has 1 amide bonds. The summed E-state index contributed by atoms with van der Waals surface area (Å²) in [7, 11) is -3.94. The molecule has 0 aliphatic heterocycles. The van der Waals surface area contributed by atoms with E-state index in [1.807, 2.05) is 64.1 Å². The topological polar surface area (TPSA) is 66.5 Å². The third-order valence-electron chi connectivity index (χ3n) is 5.76. The predicted molar refractivity (Wildman–Crippen MR) is 134 cm³/mol. The van der Waals surface area contributed by atoms with Crippen molar-refractivity contribution in [3.8, 4) is 0 Å². The van der Waals surface area contributed by atoms with Crippen LogP contribution in [0, 0.1) is 13.8 Å². The molecule has 174 valence electrons. The summed E-state index contributed by atoms with van der Waals surface area (Å²) in [5, 5.41) is 3.03. The van der Waals surface area contributed by atoms with Gasteiger partial charge in [-0.05, 0) is 56.0 Å². The van der Waals surface area contributed by atoms with Crippen LogP contribution in [-0.2, 0) is 21.2 Å². The number of aryl methyl sites for hydroxylation is 3. The maximum Gasteiger partial charge on any atom is 0.264 e. The van der Waals surface area contributed by atoms with E-state index in [1.165, 1.54) is 4.31 Å². The van der Waals surface area contributed by atoms with E-state index in [0.717, 1.165) is 22.3 Å². The summed E-state index contributed by atoms with van der Waals surface area (Å²) in [6, 6.07) is 21.9. The molecular formula is C27H32N2O3S. The molecule has 5 nitrogen and oxygen atoms in total. The van der Waals surface area contributed by atoms with Gasteiger partial charge in [0.2, 0.25) is 5.91 Å². The van der Waals surface area contributed by atoms with Gasteiger partial charge >= 0.3 is 0 Å². The molecule has 0 saturated carbocycles. The van der Waals surface area contributed by atoms with Crippen molar-refractivity contribution in [1.82, 2.24) is 5.32 Å². The molecule has 1 N–H and O–H groups in total. The Bertz CT molecular complexity index is 1190. The Balaban J connectivity index is 1.95. The lowest BCUT2D eigenvalue weighted by Gasteiger charge is -2.27. The molecule has 3 aromatic rings. The van der Waals surface area contributed by atoms with Crippen molar-refractivity contribution in [2.75, 3.05) is 10.8 Å². The van der Waals surface area contributed by atoms with Crippen LogP contribution in [0.2, 0.25) is 0 Å². The fourth-order valence-electron chi connectivity index (χ4n) is 3.78. The second-order valence-electron chi connectivity index (χ2n) is 8.25. The van der Waals surface area contributed by atoms with Gasteiger partial charge in [-0.3, -0.25) is 9.10 Å². The maximum absolute atomic E-state index is 13.7. The number of hydrogen-bond acceptors (Lipinski definition) is 3. The van der Waals surface area contributed by atoms with Crippen LogP contribution < -0.4 is 9.62 Å². The van der Waals surface area contributed by atoms with Crippen LogP contribution in [0.25, 0.3) is 0 Å². The maximum atomic E-state index is 13.7. The van der Waals surface area contributed by atoms with Crippen molar-refractivity contribution in [1.29, 1.82) is 0 Å². The number of hydrogen-bond donors (Lipinski definition) is 1. The van der Waals surface area contributed by atoms with Crippen molar-refractivity contribution in [3.63, 3.8) is 0 Å². The van der Waals surface area contributed by atoms with E-state index in [2.05, 4.69) is 5.32 Å². The highest BCUT2D eigenvalue weighted by atomic mass is 32.2. The van der Waals surface area contributed by atoms with E-state index < -0.39 is 10.0 Å². The number of para-hydroxylation sites is 1. The zero-order valence-electron chi connectivity index (χ0n) is 19.7. The molecule has 0 aliphatic rings. The quantitative estimate of drug-likeness (QED) is 0.465. The zero-order chi connectivity index (χ0) is 24.0. The van der Waals surface area contributed by atoms with Crippen LogP contribution >= 0.6 is 0 Å². The minimum atomic E-state index is -3.94. The molecule has 0 heterocycles. The molecule has 0 spiro atoms. The predicted octanol–water partition coefficient (Wildman–Crippen LogP) is 5.33. The molecule has 0 aromatic heterocycles. The summed E-state index contributed by atoms with van der Waals surface area (Å²) >= 11 is 0. The smallest absolute Gasteiger partial charge is 0.264 e. The van der Waals surface area contributed by atoms with E-state index >= 15 is 0 Å². The van der Waals surface area contributed by atoms with E-state index in [4.69, 9.17) is 0 Å². The lowest BCUT2D eigenvalue weighted by atomic mass is 10.0. The summed E-state index contributed by atoms with van der Waals surface area (Å²) < 4.78 is 28.5. The van der Waals surface area contributed by atoms with Gasteiger partial charge in [0.1, 0.15) is 6.54 Å². The molecule has 6 heteroatoms. The molecular weight excluding hydrogens is 432 g/mol. The number of anilines is 1. The average molecular weight is 465 g/mol. The van der Waals surface area contributed by atoms with Crippen LogP contribution in [-0.4, -0.2) is 20.9 Å². The second-order valence-corrected chi connectivity index (χ2v) is 10.1. The van der Waals surface area contributed by atoms with Crippen LogP contribution in [0.15, 0.2) is 77.7 Å². The zero-order valence-corrected chi connectivity index (χ0v) is 20.5. The standard InChI is InChI=1S/C27H32N2O3S/c1-5-22-9-7-8-10-26(22)29(33(31,32)24-17-13-21(4)14-18-24)19-27(30)28-25(6-2)23-15-11-20(3)12-16-23/h7-18,25H,5-6,19H2,1-4H3,(H,28,30). The molecule has 3 rings (SSSR count). The van der Waals surface area contributed by atoms with Crippen molar-refractivity contribution in [3.05, 3.63) is 95.1 Å². The first-order valence-corrected chi connectivity index (χ1v) is 12.7. The number of nitrogens with one attached hydrogen (secondary N) is 1. The molecule has 1 atom stereocenters. The number of sulfonamides is 1. The lowest BCUT2D eigenvalue weighted by Crippen LogP contribution is -2.42. The van der Waals surface area contributed by atoms with E-state index in [1.54, 1.807) is 36.4 Å². The van der Waals surface area contributed by atoms with Crippen molar-refractivity contribution >= 4 is 21.6 Å². The first kappa shape index (κ1) is 24.5. The first-order chi connectivity index (χ1) is 15.8. The van der Waals surface area contributed by atoms with Gasteiger partial charge in [0, 0.05) is 0 Å². The highest BCUT2D eigenvalue weighted by Gasteiger charge is 2.29. The minimum Gasteiger partial charge on any atom is -0.348 e. The Morgan fingerprint density at radius 1 is 0.879 bits per heavy atom. The van der Waals surface area contributed by atoms with Crippen LogP contribution in [0.1, 0.15) is 48.6 Å². The summed E-state index contributed by atoms with van der Waals surface area (Å²) in [5.74, 6) is -0.344.